The highest BCUT2D eigenvalue weighted by Gasteiger charge is 2.06. The third-order valence-corrected chi connectivity index (χ3v) is 2.77. The van der Waals surface area contributed by atoms with Crippen LogP contribution in [-0.4, -0.2) is 35.1 Å². The third kappa shape index (κ3) is 3.12. The Morgan fingerprint density at radius 2 is 2.29 bits per heavy atom. The van der Waals surface area contributed by atoms with E-state index in [1.807, 2.05) is 10.9 Å². The molecule has 6 nitrogen and oxygen atoms in total. The fourth-order valence-electron chi connectivity index (χ4n) is 1.58. The Labute approximate surface area is 108 Å². The number of nitrogens with zero attached hydrogens (tertiary/aromatic N) is 6. The zero-order valence-electron chi connectivity index (χ0n) is 9.75. The molecule has 0 atom stereocenters. The number of aromatic nitrogens is 6. The number of alkyl halides is 1. The van der Waals surface area contributed by atoms with Crippen molar-refractivity contribution in [1.82, 2.24) is 29.8 Å². The molecule has 0 aliphatic carbocycles. The highest BCUT2D eigenvalue weighted by atomic mass is 79.9. The summed E-state index contributed by atoms with van der Waals surface area (Å²) in [4.78, 5) is 4.24. The van der Waals surface area contributed by atoms with Gasteiger partial charge in [0.25, 0.3) is 0 Å². The standard InChI is InChI=1S/C10H15BrN6/c1-2-5-17-10(12-8-13-17)7-16-6-9(3-4-11)14-15-16/h6,8H,2-5,7H2,1H3. The summed E-state index contributed by atoms with van der Waals surface area (Å²) in [6.45, 7) is 3.63. The van der Waals surface area contributed by atoms with E-state index in [0.717, 1.165) is 36.2 Å². The van der Waals surface area contributed by atoms with Crippen LogP contribution in [0.2, 0.25) is 0 Å². The maximum Gasteiger partial charge on any atom is 0.148 e. The van der Waals surface area contributed by atoms with E-state index in [2.05, 4.69) is 43.2 Å². The van der Waals surface area contributed by atoms with E-state index in [0.29, 0.717) is 6.54 Å². The van der Waals surface area contributed by atoms with Crippen LogP contribution in [0.5, 0.6) is 0 Å². The lowest BCUT2D eigenvalue weighted by Gasteiger charge is -2.03. The maximum atomic E-state index is 4.24. The Hall–Kier alpha value is -1.24. The van der Waals surface area contributed by atoms with Gasteiger partial charge in [-0.15, -0.1) is 5.10 Å². The van der Waals surface area contributed by atoms with E-state index in [4.69, 9.17) is 0 Å². The van der Waals surface area contributed by atoms with Crippen molar-refractivity contribution in [3.8, 4) is 0 Å². The van der Waals surface area contributed by atoms with Crippen molar-refractivity contribution in [2.45, 2.75) is 32.9 Å². The van der Waals surface area contributed by atoms with E-state index in [-0.39, 0.29) is 0 Å². The molecule has 0 fully saturated rings. The molecule has 0 saturated carbocycles. The molecule has 0 spiro atoms. The zero-order valence-corrected chi connectivity index (χ0v) is 11.3. The van der Waals surface area contributed by atoms with Gasteiger partial charge in [-0.25, -0.2) is 14.3 Å². The van der Waals surface area contributed by atoms with Gasteiger partial charge in [-0.2, -0.15) is 5.10 Å². The molecule has 2 aromatic heterocycles. The summed E-state index contributed by atoms with van der Waals surface area (Å²) in [7, 11) is 0. The summed E-state index contributed by atoms with van der Waals surface area (Å²) < 4.78 is 3.71. The Morgan fingerprint density at radius 3 is 3.06 bits per heavy atom. The molecule has 17 heavy (non-hydrogen) atoms. The summed E-state index contributed by atoms with van der Waals surface area (Å²) in [5, 5.41) is 13.2. The number of rotatable bonds is 6. The lowest BCUT2D eigenvalue weighted by molar-refractivity contribution is 0.532. The van der Waals surface area contributed by atoms with E-state index < -0.39 is 0 Å². The van der Waals surface area contributed by atoms with Crippen molar-refractivity contribution in [1.29, 1.82) is 0 Å². The van der Waals surface area contributed by atoms with Crippen LogP contribution >= 0.6 is 15.9 Å². The van der Waals surface area contributed by atoms with Crippen LogP contribution in [-0.2, 0) is 19.5 Å². The molecule has 0 N–H and O–H groups in total. The van der Waals surface area contributed by atoms with E-state index >= 15 is 0 Å². The maximum absolute atomic E-state index is 4.24. The normalized spacial score (nSPS) is 10.9. The predicted molar refractivity (Wildman–Crippen MR) is 66.9 cm³/mol. The topological polar surface area (TPSA) is 61.4 Å². The van der Waals surface area contributed by atoms with Crippen LogP contribution in [0, 0.1) is 0 Å². The molecule has 0 aliphatic rings. The second-order valence-corrected chi connectivity index (χ2v) is 4.54. The SMILES string of the molecule is CCCn1ncnc1Cn1cc(CCBr)nn1. The number of halogens is 1. The minimum atomic E-state index is 0.620. The highest BCUT2D eigenvalue weighted by Crippen LogP contribution is 2.02. The van der Waals surface area contributed by atoms with Crippen LogP contribution in [0.1, 0.15) is 24.9 Å². The van der Waals surface area contributed by atoms with E-state index in [1.165, 1.54) is 0 Å². The van der Waals surface area contributed by atoms with Gasteiger partial charge in [-0.1, -0.05) is 28.1 Å². The molecule has 0 radical (unpaired) electrons. The Kier molecular flexibility index (Phi) is 4.24. The molecule has 7 heteroatoms. The van der Waals surface area contributed by atoms with Crippen LogP contribution < -0.4 is 0 Å². The monoisotopic (exact) mass is 298 g/mol. The first-order valence-electron chi connectivity index (χ1n) is 5.65. The summed E-state index contributed by atoms with van der Waals surface area (Å²) in [6.07, 6.45) is 5.47. The zero-order chi connectivity index (χ0) is 12.1. The lowest BCUT2D eigenvalue weighted by atomic mass is 10.4. The van der Waals surface area contributed by atoms with Crippen molar-refractivity contribution in [3.05, 3.63) is 24.0 Å². The number of hydrogen-bond donors (Lipinski definition) is 0. The highest BCUT2D eigenvalue weighted by molar-refractivity contribution is 9.09. The summed E-state index contributed by atoms with van der Waals surface area (Å²) in [5.41, 5.74) is 0.989. The van der Waals surface area contributed by atoms with Crippen molar-refractivity contribution >= 4 is 15.9 Å². The number of aryl methyl sites for hydroxylation is 2. The minimum Gasteiger partial charge on any atom is -0.248 e. The molecule has 0 aliphatic heterocycles. The van der Waals surface area contributed by atoms with Gasteiger partial charge >= 0.3 is 0 Å². The van der Waals surface area contributed by atoms with Gasteiger partial charge in [0.15, 0.2) is 0 Å². The number of hydrogen-bond acceptors (Lipinski definition) is 4. The van der Waals surface area contributed by atoms with Crippen molar-refractivity contribution in [2.75, 3.05) is 5.33 Å². The Balaban J connectivity index is 2.05. The van der Waals surface area contributed by atoms with Gasteiger partial charge < -0.3 is 0 Å². The van der Waals surface area contributed by atoms with Crippen molar-refractivity contribution < 1.29 is 0 Å². The lowest BCUT2D eigenvalue weighted by Crippen LogP contribution is -2.10. The average molecular weight is 299 g/mol. The molecule has 0 bridgehead atoms. The van der Waals surface area contributed by atoms with Gasteiger partial charge in [0.05, 0.1) is 5.69 Å². The predicted octanol–water partition coefficient (Wildman–Crippen LogP) is 1.27. The first-order chi connectivity index (χ1) is 8.33. The molecule has 0 aromatic carbocycles. The second kappa shape index (κ2) is 5.90. The van der Waals surface area contributed by atoms with Crippen molar-refractivity contribution in [3.63, 3.8) is 0 Å². The molecule has 0 amide bonds. The van der Waals surface area contributed by atoms with Crippen LogP contribution in [0.25, 0.3) is 0 Å². The first-order valence-corrected chi connectivity index (χ1v) is 6.77. The average Bonchev–Trinajstić information content (AvgIpc) is 2.91. The molecule has 2 rings (SSSR count). The van der Waals surface area contributed by atoms with E-state index in [1.54, 1.807) is 11.0 Å². The smallest absolute Gasteiger partial charge is 0.148 e. The van der Waals surface area contributed by atoms with Crippen molar-refractivity contribution in [2.24, 2.45) is 0 Å². The fraction of sp³-hybridized carbons (Fsp3) is 0.600. The fourth-order valence-corrected chi connectivity index (χ4v) is 1.99. The Morgan fingerprint density at radius 1 is 1.41 bits per heavy atom. The molecule has 2 heterocycles. The molecule has 92 valence electrons. The van der Waals surface area contributed by atoms with Crippen LogP contribution in [0.3, 0.4) is 0 Å². The van der Waals surface area contributed by atoms with Gasteiger partial charge in [0.1, 0.15) is 18.7 Å². The molecular weight excluding hydrogens is 284 g/mol. The largest absolute Gasteiger partial charge is 0.248 e. The van der Waals surface area contributed by atoms with Gasteiger partial charge in [0, 0.05) is 24.5 Å². The molecular formula is C10H15BrN6. The first kappa shape index (κ1) is 12.2. The molecule has 0 saturated heterocycles. The summed E-state index contributed by atoms with van der Waals surface area (Å²) in [5.74, 6) is 0.919. The molecule has 0 unspecified atom stereocenters. The summed E-state index contributed by atoms with van der Waals surface area (Å²) in [6, 6.07) is 0. The van der Waals surface area contributed by atoms with Gasteiger partial charge in [-0.3, -0.25) is 0 Å². The molecule has 2 aromatic rings. The van der Waals surface area contributed by atoms with E-state index in [9.17, 15) is 0 Å². The van der Waals surface area contributed by atoms with Crippen LogP contribution in [0.15, 0.2) is 12.5 Å². The summed E-state index contributed by atoms with van der Waals surface area (Å²) >= 11 is 3.38. The third-order valence-electron chi connectivity index (χ3n) is 2.37. The minimum absolute atomic E-state index is 0.620. The van der Waals surface area contributed by atoms with Gasteiger partial charge in [-0.05, 0) is 6.42 Å². The second-order valence-electron chi connectivity index (χ2n) is 3.75. The van der Waals surface area contributed by atoms with Gasteiger partial charge in [0.2, 0.25) is 0 Å². The quantitative estimate of drug-likeness (QED) is 0.754. The Bertz CT molecular complexity index is 463. The van der Waals surface area contributed by atoms with Crippen LogP contribution in [0.4, 0.5) is 0 Å².